The second-order valence-electron chi connectivity index (χ2n) is 1.99. The van der Waals surface area contributed by atoms with Gasteiger partial charge in [-0.1, -0.05) is 0 Å². The number of phosphoric acid groups is 1. The number of rotatable bonds is 0. The third-order valence-corrected chi connectivity index (χ3v) is 0.687. The highest BCUT2D eigenvalue weighted by Crippen LogP contribution is 2.25. The zero-order valence-corrected chi connectivity index (χ0v) is 8.06. The topological polar surface area (TPSA) is 119 Å². The van der Waals surface area contributed by atoms with Gasteiger partial charge in [-0.2, -0.15) is 0 Å². The molecule has 74 valence electrons. The molecule has 0 aromatic carbocycles. The van der Waals surface area contributed by atoms with Crippen molar-refractivity contribution in [1.82, 2.24) is 4.90 Å². The van der Waals surface area contributed by atoms with Gasteiger partial charge in [-0.15, -0.1) is 0 Å². The van der Waals surface area contributed by atoms with Gasteiger partial charge in [-0.25, -0.2) is 4.57 Å². The first-order valence-corrected chi connectivity index (χ1v) is 4.43. The maximum Gasteiger partial charge on any atom is 0.466 e. The Morgan fingerprint density at radius 1 is 1.42 bits per heavy atom. The van der Waals surface area contributed by atoms with Gasteiger partial charge in [-0.3, -0.25) is 4.99 Å². The number of guanidine groups is 1. The van der Waals surface area contributed by atoms with E-state index in [2.05, 4.69) is 4.99 Å². The lowest BCUT2D eigenvalue weighted by Gasteiger charge is -2.07. The molecule has 0 atom stereocenters. The molecule has 0 aliphatic rings. The molecule has 0 aliphatic carbocycles. The minimum atomic E-state index is -4.64. The van der Waals surface area contributed by atoms with Crippen LogP contribution in [0.4, 0.5) is 0 Å². The van der Waals surface area contributed by atoms with Crippen LogP contribution in [0, 0.1) is 0 Å². The number of aliphatic imine (C=N–C) groups is 1. The fraction of sp³-hybridized carbons (Fsp3) is 0.750. The van der Waals surface area contributed by atoms with Crippen molar-refractivity contribution in [2.24, 2.45) is 10.7 Å². The summed E-state index contributed by atoms with van der Waals surface area (Å²) in [7, 11) is 0.722. The van der Waals surface area contributed by atoms with Gasteiger partial charge in [0.05, 0.1) is 0 Å². The third kappa shape index (κ3) is 22.8. The molecule has 5 N–H and O–H groups in total. The van der Waals surface area contributed by atoms with E-state index in [9.17, 15) is 0 Å². The van der Waals surface area contributed by atoms with Crippen molar-refractivity contribution < 1.29 is 19.2 Å². The van der Waals surface area contributed by atoms with Crippen LogP contribution in [0.5, 0.6) is 0 Å². The van der Waals surface area contributed by atoms with Crippen molar-refractivity contribution >= 4 is 13.8 Å². The second-order valence-corrected chi connectivity index (χ2v) is 3.02. The number of nitrogens with two attached hydrogens (primary N) is 1. The van der Waals surface area contributed by atoms with E-state index >= 15 is 0 Å². The normalized spacial score (nSPS) is 11.7. The monoisotopic (exact) mass is 199 g/mol. The maximum atomic E-state index is 8.88. The lowest BCUT2D eigenvalue weighted by atomic mass is 10.8. The Bertz CT molecular complexity index is 178. The average molecular weight is 199 g/mol. The molecule has 0 radical (unpaired) electrons. The Balaban J connectivity index is 0. The molecule has 0 saturated carbocycles. The molecule has 0 aromatic rings. The van der Waals surface area contributed by atoms with Crippen LogP contribution in [-0.2, 0) is 4.57 Å². The van der Waals surface area contributed by atoms with E-state index in [1.807, 2.05) is 14.1 Å². The summed E-state index contributed by atoms with van der Waals surface area (Å²) in [5.74, 6) is 0.556. The predicted octanol–water partition coefficient (Wildman–Crippen LogP) is -1.44. The molecule has 0 unspecified atom stereocenters. The van der Waals surface area contributed by atoms with Crippen LogP contribution in [0.15, 0.2) is 4.99 Å². The Labute approximate surface area is 70.8 Å². The van der Waals surface area contributed by atoms with Gasteiger partial charge in [0.1, 0.15) is 0 Å². The minimum absolute atomic E-state index is 0.556. The van der Waals surface area contributed by atoms with E-state index < -0.39 is 7.82 Å². The van der Waals surface area contributed by atoms with Crippen LogP contribution in [-0.4, -0.2) is 46.7 Å². The Morgan fingerprint density at radius 3 is 1.67 bits per heavy atom. The molecule has 0 aliphatic heterocycles. The SMILES string of the molecule is CN=C(N)N(C)C.O=P(O)(O)O. The van der Waals surface area contributed by atoms with E-state index in [1.54, 1.807) is 11.9 Å². The van der Waals surface area contributed by atoms with Gasteiger partial charge < -0.3 is 25.3 Å². The van der Waals surface area contributed by atoms with Gasteiger partial charge in [-0.05, 0) is 0 Å². The highest BCUT2D eigenvalue weighted by atomic mass is 31.2. The summed E-state index contributed by atoms with van der Waals surface area (Å²) in [4.78, 5) is 27.0. The zero-order chi connectivity index (χ0) is 10.4. The van der Waals surface area contributed by atoms with Crippen molar-refractivity contribution in [1.29, 1.82) is 0 Å². The van der Waals surface area contributed by atoms with Gasteiger partial charge in [0, 0.05) is 21.1 Å². The highest BCUT2D eigenvalue weighted by Gasteiger charge is 2.00. The molecule has 12 heavy (non-hydrogen) atoms. The summed E-state index contributed by atoms with van der Waals surface area (Å²) in [6.07, 6.45) is 0. The lowest BCUT2D eigenvalue weighted by Crippen LogP contribution is -2.29. The first-order chi connectivity index (χ1) is 5.18. The molecule has 0 spiro atoms. The van der Waals surface area contributed by atoms with Crippen LogP contribution in [0.2, 0.25) is 0 Å². The fourth-order valence-corrected chi connectivity index (χ4v) is 0.200. The van der Waals surface area contributed by atoms with Crippen molar-refractivity contribution in [2.45, 2.75) is 0 Å². The van der Waals surface area contributed by atoms with Crippen LogP contribution in [0.3, 0.4) is 0 Å². The van der Waals surface area contributed by atoms with Crippen LogP contribution in [0.25, 0.3) is 0 Å². The molecule has 8 heteroatoms. The standard InChI is InChI=1S/C4H11N3.H3O4P/c1-6-4(5)7(2)3;1-5(2,3)4/h1-3H3,(H2,5,6);(H3,1,2,3,4). The molecule has 0 rings (SSSR count). The van der Waals surface area contributed by atoms with Crippen LogP contribution >= 0.6 is 7.82 Å². The van der Waals surface area contributed by atoms with E-state index in [-0.39, 0.29) is 0 Å². The van der Waals surface area contributed by atoms with Crippen molar-refractivity contribution in [3.05, 3.63) is 0 Å². The van der Waals surface area contributed by atoms with E-state index in [0.29, 0.717) is 5.96 Å². The number of hydrogen-bond acceptors (Lipinski definition) is 2. The smallest absolute Gasteiger partial charge is 0.370 e. The minimum Gasteiger partial charge on any atom is -0.370 e. The Kier molecular flexibility index (Phi) is 6.92. The Morgan fingerprint density at radius 2 is 1.67 bits per heavy atom. The summed E-state index contributed by atoms with van der Waals surface area (Å²) in [6.45, 7) is 0. The molecule has 0 aromatic heterocycles. The third-order valence-electron chi connectivity index (χ3n) is 0.687. The van der Waals surface area contributed by atoms with Crippen LogP contribution < -0.4 is 5.73 Å². The Hall–Kier alpha value is -0.620. The average Bonchev–Trinajstić information content (AvgIpc) is 1.82. The first kappa shape index (κ1) is 13.9. The zero-order valence-electron chi connectivity index (χ0n) is 7.17. The summed E-state index contributed by atoms with van der Waals surface area (Å²) >= 11 is 0. The molecular weight excluding hydrogens is 185 g/mol. The molecular formula is C4H14N3O4P. The summed E-state index contributed by atoms with van der Waals surface area (Å²) in [5, 5.41) is 0. The van der Waals surface area contributed by atoms with E-state index in [1.165, 1.54) is 0 Å². The number of nitrogens with zero attached hydrogens (tertiary/aromatic N) is 2. The fourth-order valence-electron chi connectivity index (χ4n) is 0.200. The van der Waals surface area contributed by atoms with Gasteiger partial charge in [0.15, 0.2) is 5.96 Å². The quantitative estimate of drug-likeness (QED) is 0.215. The van der Waals surface area contributed by atoms with Crippen molar-refractivity contribution in [2.75, 3.05) is 21.1 Å². The molecule has 0 heterocycles. The largest absolute Gasteiger partial charge is 0.466 e. The van der Waals surface area contributed by atoms with E-state index in [4.69, 9.17) is 25.0 Å². The summed E-state index contributed by atoms with van der Waals surface area (Å²) in [5.41, 5.74) is 5.29. The molecule has 0 amide bonds. The summed E-state index contributed by atoms with van der Waals surface area (Å²) < 4.78 is 8.88. The maximum absolute atomic E-state index is 8.88. The first-order valence-electron chi connectivity index (χ1n) is 2.86. The molecule has 0 fully saturated rings. The van der Waals surface area contributed by atoms with Crippen LogP contribution in [0.1, 0.15) is 0 Å². The molecule has 0 bridgehead atoms. The van der Waals surface area contributed by atoms with Gasteiger partial charge in [0.25, 0.3) is 0 Å². The molecule has 0 saturated heterocycles. The molecule has 7 nitrogen and oxygen atoms in total. The van der Waals surface area contributed by atoms with Gasteiger partial charge in [0.2, 0.25) is 0 Å². The lowest BCUT2D eigenvalue weighted by molar-refractivity contribution is 0.275. The highest BCUT2D eigenvalue weighted by molar-refractivity contribution is 7.45. The van der Waals surface area contributed by atoms with Crippen molar-refractivity contribution in [3.63, 3.8) is 0 Å². The second kappa shape index (κ2) is 5.96. The summed E-state index contributed by atoms with van der Waals surface area (Å²) in [6, 6.07) is 0. The number of hydrogen-bond donors (Lipinski definition) is 4. The van der Waals surface area contributed by atoms with Gasteiger partial charge >= 0.3 is 7.82 Å². The predicted molar refractivity (Wildman–Crippen MR) is 45.5 cm³/mol. The van der Waals surface area contributed by atoms with E-state index in [0.717, 1.165) is 0 Å². The van der Waals surface area contributed by atoms with Crippen molar-refractivity contribution in [3.8, 4) is 0 Å².